The summed E-state index contributed by atoms with van der Waals surface area (Å²) in [5, 5.41) is 0. The van der Waals surface area contributed by atoms with Gasteiger partial charge in [-0.1, -0.05) is 25.6 Å². The van der Waals surface area contributed by atoms with Crippen molar-refractivity contribution in [1.29, 1.82) is 0 Å². The number of thiocarbonyl (C=S) groups is 1. The molecule has 0 aliphatic carbocycles. The Kier molecular flexibility index (Phi) is 5.74. The lowest BCUT2D eigenvalue weighted by Crippen LogP contribution is -2.36. The maximum atomic E-state index is 10.7. The summed E-state index contributed by atoms with van der Waals surface area (Å²) in [7, 11) is 0. The van der Waals surface area contributed by atoms with Gasteiger partial charge in [0.1, 0.15) is 0 Å². The van der Waals surface area contributed by atoms with E-state index in [-0.39, 0.29) is 5.97 Å². The second-order valence-corrected chi connectivity index (χ2v) is 4.73. The minimum Gasteiger partial charge on any atom is -0.466 e. The summed E-state index contributed by atoms with van der Waals surface area (Å²) < 4.78 is 5.00. The van der Waals surface area contributed by atoms with Crippen LogP contribution in [0.1, 0.15) is 46.0 Å². The molecule has 1 fully saturated rings. The summed E-state index contributed by atoms with van der Waals surface area (Å²) in [5.74, 6) is -0.195. The predicted molar refractivity (Wildman–Crippen MR) is 68.5 cm³/mol. The fraction of sp³-hybridized carbons (Fsp3) is 0.833. The smallest absolute Gasteiger partial charge is 0.302 e. The molecule has 0 aromatic carbocycles. The van der Waals surface area contributed by atoms with Crippen molar-refractivity contribution in [3.8, 4) is 0 Å². The number of carbonyl (C=O) groups is 1. The van der Waals surface area contributed by atoms with E-state index in [0.29, 0.717) is 12.6 Å². The second-order valence-electron chi connectivity index (χ2n) is 4.26. The second kappa shape index (κ2) is 6.84. The maximum absolute atomic E-state index is 10.7. The Hall–Kier alpha value is -0.640. The van der Waals surface area contributed by atoms with Crippen molar-refractivity contribution in [2.75, 3.05) is 13.2 Å². The molecule has 4 heteroatoms. The Morgan fingerprint density at radius 1 is 1.56 bits per heavy atom. The number of likely N-dealkylation sites (tertiary alicyclic amines) is 1. The van der Waals surface area contributed by atoms with Crippen molar-refractivity contribution in [2.45, 2.75) is 52.0 Å². The largest absolute Gasteiger partial charge is 0.466 e. The number of rotatable bonds is 6. The average molecular weight is 243 g/mol. The molecule has 1 aliphatic rings. The van der Waals surface area contributed by atoms with Crippen LogP contribution in [0.3, 0.4) is 0 Å². The van der Waals surface area contributed by atoms with Crippen molar-refractivity contribution in [1.82, 2.24) is 4.90 Å². The quantitative estimate of drug-likeness (QED) is 0.529. The molecule has 0 spiro atoms. The first-order valence-corrected chi connectivity index (χ1v) is 6.48. The summed E-state index contributed by atoms with van der Waals surface area (Å²) in [6.07, 6.45) is 5.38. The molecule has 16 heavy (non-hydrogen) atoms. The van der Waals surface area contributed by atoms with Crippen LogP contribution in [0.15, 0.2) is 0 Å². The van der Waals surface area contributed by atoms with E-state index in [1.165, 1.54) is 13.3 Å². The number of nitrogens with zero attached hydrogens (tertiary/aromatic N) is 1. The molecule has 3 nitrogen and oxygen atoms in total. The van der Waals surface area contributed by atoms with Crippen LogP contribution in [0, 0.1) is 0 Å². The summed E-state index contributed by atoms with van der Waals surface area (Å²) in [6.45, 7) is 5.22. The summed E-state index contributed by atoms with van der Waals surface area (Å²) in [4.78, 5) is 14.1. The Morgan fingerprint density at radius 3 is 2.81 bits per heavy atom. The molecule has 1 rings (SSSR count). The van der Waals surface area contributed by atoms with E-state index < -0.39 is 0 Å². The lowest BCUT2D eigenvalue weighted by atomic mass is 10.1. The highest BCUT2D eigenvalue weighted by Crippen LogP contribution is 2.20. The lowest BCUT2D eigenvalue weighted by molar-refractivity contribution is -0.141. The molecular formula is C12H21NO2S. The Morgan fingerprint density at radius 2 is 2.31 bits per heavy atom. The van der Waals surface area contributed by atoms with Crippen LogP contribution in [0.5, 0.6) is 0 Å². The van der Waals surface area contributed by atoms with Gasteiger partial charge < -0.3 is 9.64 Å². The lowest BCUT2D eigenvalue weighted by Gasteiger charge is -2.29. The highest BCUT2D eigenvalue weighted by atomic mass is 32.1. The van der Waals surface area contributed by atoms with E-state index in [4.69, 9.17) is 17.0 Å². The molecule has 0 unspecified atom stereocenters. The fourth-order valence-electron chi connectivity index (χ4n) is 2.18. The zero-order chi connectivity index (χ0) is 12.0. The molecule has 92 valence electrons. The van der Waals surface area contributed by atoms with Gasteiger partial charge in [-0.25, -0.2) is 0 Å². The fourth-order valence-corrected chi connectivity index (χ4v) is 2.57. The van der Waals surface area contributed by atoms with Crippen LogP contribution in [-0.4, -0.2) is 35.1 Å². The molecule has 0 saturated carbocycles. The molecular weight excluding hydrogens is 222 g/mol. The summed E-state index contributed by atoms with van der Waals surface area (Å²) in [6, 6.07) is 0.458. The molecule has 1 heterocycles. The Bertz CT molecular complexity index is 255. The van der Waals surface area contributed by atoms with Crippen LogP contribution in [0.4, 0.5) is 0 Å². The van der Waals surface area contributed by atoms with Gasteiger partial charge >= 0.3 is 5.97 Å². The maximum Gasteiger partial charge on any atom is 0.302 e. The van der Waals surface area contributed by atoms with Crippen molar-refractivity contribution in [3.63, 3.8) is 0 Å². The Balaban J connectivity index is 2.40. The first kappa shape index (κ1) is 13.4. The van der Waals surface area contributed by atoms with Crippen LogP contribution in [0.25, 0.3) is 0 Å². The van der Waals surface area contributed by atoms with E-state index in [9.17, 15) is 4.79 Å². The minimum absolute atomic E-state index is 0.195. The van der Waals surface area contributed by atoms with E-state index in [1.54, 1.807) is 0 Å². The summed E-state index contributed by atoms with van der Waals surface area (Å²) >= 11 is 5.35. The van der Waals surface area contributed by atoms with E-state index in [2.05, 4.69) is 11.8 Å². The molecule has 1 saturated heterocycles. The van der Waals surface area contributed by atoms with Crippen molar-refractivity contribution < 1.29 is 9.53 Å². The molecule has 1 aliphatic heterocycles. The molecule has 0 aromatic heterocycles. The van der Waals surface area contributed by atoms with Gasteiger partial charge in [0.2, 0.25) is 0 Å². The van der Waals surface area contributed by atoms with Crippen molar-refractivity contribution >= 4 is 23.2 Å². The van der Waals surface area contributed by atoms with Gasteiger partial charge in [0.05, 0.1) is 11.6 Å². The van der Waals surface area contributed by atoms with E-state index >= 15 is 0 Å². The van der Waals surface area contributed by atoms with Crippen molar-refractivity contribution in [2.24, 2.45) is 0 Å². The highest BCUT2D eigenvalue weighted by Gasteiger charge is 2.24. The SMILES string of the molecule is CCC[C@H](CCOC(C)=O)N1CCCC1=S. The number of carbonyl (C=O) groups excluding carboxylic acids is 1. The molecule has 0 amide bonds. The van der Waals surface area contributed by atoms with Crippen LogP contribution >= 0.6 is 12.2 Å². The van der Waals surface area contributed by atoms with Crippen LogP contribution in [-0.2, 0) is 9.53 Å². The monoisotopic (exact) mass is 243 g/mol. The van der Waals surface area contributed by atoms with Gasteiger partial charge in [-0.05, 0) is 19.3 Å². The van der Waals surface area contributed by atoms with Crippen molar-refractivity contribution in [3.05, 3.63) is 0 Å². The Labute approximate surface area is 103 Å². The third kappa shape index (κ3) is 4.08. The third-order valence-electron chi connectivity index (χ3n) is 2.93. The van der Waals surface area contributed by atoms with Gasteiger partial charge in [-0.15, -0.1) is 0 Å². The molecule has 0 N–H and O–H groups in total. The van der Waals surface area contributed by atoms with Gasteiger partial charge in [0.25, 0.3) is 0 Å². The average Bonchev–Trinajstić information content (AvgIpc) is 2.63. The highest BCUT2D eigenvalue weighted by molar-refractivity contribution is 7.80. The van der Waals surface area contributed by atoms with Gasteiger partial charge in [-0.2, -0.15) is 0 Å². The van der Waals surface area contributed by atoms with Gasteiger partial charge in [-0.3, -0.25) is 4.79 Å². The first-order valence-electron chi connectivity index (χ1n) is 6.08. The normalized spacial score (nSPS) is 17.6. The van der Waals surface area contributed by atoms with Crippen LogP contribution < -0.4 is 0 Å². The number of hydrogen-bond donors (Lipinski definition) is 0. The van der Waals surface area contributed by atoms with Crippen LogP contribution in [0.2, 0.25) is 0 Å². The predicted octanol–water partition coefficient (Wildman–Crippen LogP) is 2.53. The van der Waals surface area contributed by atoms with Gasteiger partial charge in [0.15, 0.2) is 0 Å². The third-order valence-corrected chi connectivity index (χ3v) is 3.37. The number of hydrogen-bond acceptors (Lipinski definition) is 3. The zero-order valence-electron chi connectivity index (χ0n) is 10.2. The van der Waals surface area contributed by atoms with E-state index in [0.717, 1.165) is 37.2 Å². The first-order chi connectivity index (χ1) is 7.65. The van der Waals surface area contributed by atoms with Gasteiger partial charge in [0, 0.05) is 25.9 Å². The number of esters is 1. The van der Waals surface area contributed by atoms with E-state index in [1.807, 2.05) is 0 Å². The molecule has 1 atom stereocenters. The topological polar surface area (TPSA) is 29.5 Å². The molecule has 0 bridgehead atoms. The zero-order valence-corrected chi connectivity index (χ0v) is 11.0. The number of ether oxygens (including phenoxy) is 1. The molecule has 0 aromatic rings. The molecule has 0 radical (unpaired) electrons. The standard InChI is InChI=1S/C12H21NO2S/c1-3-5-11(7-9-15-10(2)14)13-8-4-6-12(13)16/h11H,3-9H2,1-2H3/t11-/m1/s1. The minimum atomic E-state index is -0.195. The summed E-state index contributed by atoms with van der Waals surface area (Å²) in [5.41, 5.74) is 0.